The van der Waals surface area contributed by atoms with Gasteiger partial charge >= 0.3 is 0 Å². The Bertz CT molecular complexity index is 689. The second-order valence-corrected chi connectivity index (χ2v) is 4.32. The van der Waals surface area contributed by atoms with Gasteiger partial charge in [0.25, 0.3) is 0 Å². The van der Waals surface area contributed by atoms with Gasteiger partial charge in [0.05, 0.1) is 5.52 Å². The van der Waals surface area contributed by atoms with E-state index in [-0.39, 0.29) is 5.82 Å². The average molecular weight is 261 g/mol. The second kappa shape index (κ2) is 4.42. The van der Waals surface area contributed by atoms with Crippen molar-refractivity contribution in [1.82, 2.24) is 9.97 Å². The molecule has 0 aliphatic carbocycles. The number of alkyl halides is 1. The molecule has 4 heteroatoms. The van der Waals surface area contributed by atoms with E-state index in [2.05, 4.69) is 9.97 Å². The van der Waals surface area contributed by atoms with Gasteiger partial charge in [-0.15, -0.1) is 11.6 Å². The van der Waals surface area contributed by atoms with Crippen molar-refractivity contribution >= 4 is 22.6 Å². The molecule has 0 saturated heterocycles. The molecule has 1 N–H and O–H groups in total. The third kappa shape index (κ3) is 1.87. The van der Waals surface area contributed by atoms with Crippen LogP contribution in [0.3, 0.4) is 0 Å². The number of H-pyrrole nitrogens is 1. The minimum Gasteiger partial charge on any atom is -0.338 e. The summed E-state index contributed by atoms with van der Waals surface area (Å²) in [6.07, 6.45) is 0. The molecular formula is C14H10ClFN2. The largest absolute Gasteiger partial charge is 0.338 e. The molecule has 0 amide bonds. The van der Waals surface area contributed by atoms with Crippen LogP contribution in [0, 0.1) is 5.82 Å². The Kier molecular flexibility index (Phi) is 2.76. The van der Waals surface area contributed by atoms with Gasteiger partial charge in [-0.1, -0.05) is 30.3 Å². The van der Waals surface area contributed by atoms with Crippen molar-refractivity contribution in [3.8, 4) is 11.4 Å². The molecule has 0 aliphatic rings. The lowest BCUT2D eigenvalue weighted by Crippen LogP contribution is -1.82. The smallest absolute Gasteiger partial charge is 0.151 e. The zero-order valence-corrected chi connectivity index (χ0v) is 10.2. The van der Waals surface area contributed by atoms with Crippen molar-refractivity contribution in [2.24, 2.45) is 0 Å². The summed E-state index contributed by atoms with van der Waals surface area (Å²) in [5.41, 5.74) is 3.03. The predicted octanol–water partition coefficient (Wildman–Crippen LogP) is 4.11. The summed E-state index contributed by atoms with van der Waals surface area (Å²) in [5, 5.41) is 0. The Morgan fingerprint density at radius 2 is 1.89 bits per heavy atom. The zero-order valence-electron chi connectivity index (χ0n) is 9.45. The van der Waals surface area contributed by atoms with Crippen LogP contribution >= 0.6 is 11.6 Å². The van der Waals surface area contributed by atoms with Gasteiger partial charge in [-0.3, -0.25) is 0 Å². The number of para-hydroxylation sites is 1. The van der Waals surface area contributed by atoms with E-state index < -0.39 is 0 Å². The standard InChI is InChI=1S/C14H10ClFN2/c15-8-9-4-6-10(7-5-9)14-17-12-3-1-2-11(16)13(12)18-14/h1-7H,8H2,(H,17,18). The van der Waals surface area contributed by atoms with E-state index in [1.165, 1.54) is 6.07 Å². The topological polar surface area (TPSA) is 28.7 Å². The van der Waals surface area contributed by atoms with Gasteiger partial charge in [0.2, 0.25) is 0 Å². The summed E-state index contributed by atoms with van der Waals surface area (Å²) in [6, 6.07) is 12.6. The number of hydrogen-bond donors (Lipinski definition) is 1. The lowest BCUT2D eigenvalue weighted by molar-refractivity contribution is 0.637. The summed E-state index contributed by atoms with van der Waals surface area (Å²) < 4.78 is 13.5. The second-order valence-electron chi connectivity index (χ2n) is 4.05. The van der Waals surface area contributed by atoms with Crippen molar-refractivity contribution in [2.45, 2.75) is 5.88 Å². The molecule has 0 bridgehead atoms. The lowest BCUT2D eigenvalue weighted by atomic mass is 10.1. The van der Waals surface area contributed by atoms with Gasteiger partial charge in [0.1, 0.15) is 11.3 Å². The minimum absolute atomic E-state index is 0.313. The monoisotopic (exact) mass is 260 g/mol. The lowest BCUT2D eigenvalue weighted by Gasteiger charge is -1.98. The Balaban J connectivity index is 2.10. The fourth-order valence-electron chi connectivity index (χ4n) is 1.89. The molecule has 1 heterocycles. The van der Waals surface area contributed by atoms with E-state index in [9.17, 15) is 4.39 Å². The number of benzene rings is 2. The molecule has 2 nitrogen and oxygen atoms in total. The molecule has 90 valence electrons. The van der Waals surface area contributed by atoms with Crippen LogP contribution in [0.25, 0.3) is 22.4 Å². The molecule has 0 unspecified atom stereocenters. The number of rotatable bonds is 2. The quantitative estimate of drug-likeness (QED) is 0.690. The first-order chi connectivity index (χ1) is 8.78. The maximum atomic E-state index is 13.5. The number of hydrogen-bond acceptors (Lipinski definition) is 1. The number of aromatic nitrogens is 2. The van der Waals surface area contributed by atoms with Crippen LogP contribution in [-0.2, 0) is 5.88 Å². The van der Waals surface area contributed by atoms with Gasteiger partial charge in [0.15, 0.2) is 5.82 Å². The van der Waals surface area contributed by atoms with Crippen LogP contribution < -0.4 is 0 Å². The van der Waals surface area contributed by atoms with Crippen LogP contribution in [-0.4, -0.2) is 9.97 Å². The summed E-state index contributed by atoms with van der Waals surface area (Å²) in [5.74, 6) is 0.832. The highest BCUT2D eigenvalue weighted by Crippen LogP contribution is 2.22. The highest BCUT2D eigenvalue weighted by Gasteiger charge is 2.08. The maximum absolute atomic E-state index is 13.5. The molecule has 0 saturated carbocycles. The maximum Gasteiger partial charge on any atom is 0.151 e. The average Bonchev–Trinajstić information content (AvgIpc) is 2.84. The number of fused-ring (bicyclic) bond motifs is 1. The number of halogens is 2. The Labute approximate surface area is 108 Å². The fraction of sp³-hybridized carbons (Fsp3) is 0.0714. The van der Waals surface area contributed by atoms with E-state index >= 15 is 0 Å². The number of aromatic amines is 1. The zero-order chi connectivity index (χ0) is 12.5. The normalized spacial score (nSPS) is 11.0. The van der Waals surface area contributed by atoms with Crippen LogP contribution in [0.15, 0.2) is 42.5 Å². The molecule has 0 radical (unpaired) electrons. The van der Waals surface area contributed by atoms with E-state index in [1.807, 2.05) is 30.3 Å². The van der Waals surface area contributed by atoms with Gasteiger partial charge in [0, 0.05) is 11.4 Å². The molecule has 0 aliphatic heterocycles. The van der Waals surface area contributed by atoms with Gasteiger partial charge in [-0.25, -0.2) is 9.37 Å². The highest BCUT2D eigenvalue weighted by atomic mass is 35.5. The van der Waals surface area contributed by atoms with Crippen molar-refractivity contribution < 1.29 is 4.39 Å². The molecule has 0 fully saturated rings. The van der Waals surface area contributed by atoms with Crippen LogP contribution in [0.1, 0.15) is 5.56 Å². The fourth-order valence-corrected chi connectivity index (χ4v) is 2.06. The van der Waals surface area contributed by atoms with E-state index in [4.69, 9.17) is 11.6 Å². The van der Waals surface area contributed by atoms with E-state index in [0.29, 0.717) is 22.7 Å². The molecule has 2 aromatic carbocycles. The van der Waals surface area contributed by atoms with Crippen molar-refractivity contribution in [1.29, 1.82) is 0 Å². The first kappa shape index (κ1) is 11.2. The third-order valence-electron chi connectivity index (χ3n) is 2.85. The Morgan fingerprint density at radius 3 is 2.56 bits per heavy atom. The van der Waals surface area contributed by atoms with Crippen LogP contribution in [0.5, 0.6) is 0 Å². The van der Waals surface area contributed by atoms with Crippen molar-refractivity contribution in [3.63, 3.8) is 0 Å². The van der Waals surface area contributed by atoms with E-state index in [0.717, 1.165) is 11.1 Å². The number of imidazole rings is 1. The summed E-state index contributed by atoms with van der Waals surface area (Å²) >= 11 is 5.74. The van der Waals surface area contributed by atoms with Crippen molar-refractivity contribution in [2.75, 3.05) is 0 Å². The summed E-state index contributed by atoms with van der Waals surface area (Å²) in [6.45, 7) is 0. The Hall–Kier alpha value is -1.87. The molecule has 0 atom stereocenters. The molecule has 0 spiro atoms. The molecule has 3 rings (SSSR count). The molecular weight excluding hydrogens is 251 g/mol. The number of nitrogens with one attached hydrogen (secondary N) is 1. The van der Waals surface area contributed by atoms with Crippen LogP contribution in [0.4, 0.5) is 4.39 Å². The van der Waals surface area contributed by atoms with Crippen LogP contribution in [0.2, 0.25) is 0 Å². The van der Waals surface area contributed by atoms with Gasteiger partial charge < -0.3 is 4.98 Å². The molecule has 1 aromatic heterocycles. The van der Waals surface area contributed by atoms with E-state index in [1.54, 1.807) is 6.07 Å². The SMILES string of the molecule is Fc1cccc2[nH]c(-c3ccc(CCl)cc3)nc12. The summed E-state index contributed by atoms with van der Waals surface area (Å²) in [4.78, 5) is 7.38. The third-order valence-corrected chi connectivity index (χ3v) is 3.15. The Morgan fingerprint density at radius 1 is 1.11 bits per heavy atom. The first-order valence-electron chi connectivity index (χ1n) is 5.57. The summed E-state index contributed by atoms with van der Waals surface area (Å²) in [7, 11) is 0. The van der Waals surface area contributed by atoms with Gasteiger partial charge in [-0.05, 0) is 17.7 Å². The number of nitrogens with zero attached hydrogens (tertiary/aromatic N) is 1. The minimum atomic E-state index is -0.313. The molecule has 3 aromatic rings. The highest BCUT2D eigenvalue weighted by molar-refractivity contribution is 6.17. The predicted molar refractivity (Wildman–Crippen MR) is 71.0 cm³/mol. The van der Waals surface area contributed by atoms with Crippen molar-refractivity contribution in [3.05, 3.63) is 53.8 Å². The molecule has 18 heavy (non-hydrogen) atoms. The first-order valence-corrected chi connectivity index (χ1v) is 6.11. The van der Waals surface area contributed by atoms with Gasteiger partial charge in [-0.2, -0.15) is 0 Å².